The Morgan fingerprint density at radius 3 is 2.55 bits per heavy atom. The van der Waals surface area contributed by atoms with E-state index in [-0.39, 0.29) is 42.4 Å². The average Bonchev–Trinajstić information content (AvgIpc) is 3.33. The van der Waals surface area contributed by atoms with E-state index in [4.69, 9.17) is 18.9 Å². The summed E-state index contributed by atoms with van der Waals surface area (Å²) >= 11 is 0. The van der Waals surface area contributed by atoms with E-state index in [9.17, 15) is 15.0 Å². The molecule has 1 aromatic carbocycles. The lowest BCUT2D eigenvalue weighted by Gasteiger charge is -2.64. The van der Waals surface area contributed by atoms with Crippen molar-refractivity contribution in [3.8, 4) is 0 Å². The predicted molar refractivity (Wildman–Crippen MR) is 161 cm³/mol. The molecule has 0 unspecified atom stereocenters. The van der Waals surface area contributed by atoms with Crippen LogP contribution in [0, 0.1) is 46.3 Å². The topological polar surface area (TPSA) is 94.5 Å². The summed E-state index contributed by atoms with van der Waals surface area (Å²) < 4.78 is 24.6. The van der Waals surface area contributed by atoms with E-state index in [1.165, 1.54) is 5.56 Å². The molecule has 0 bridgehead atoms. The van der Waals surface area contributed by atoms with E-state index in [1.807, 2.05) is 6.07 Å². The number of ether oxygens (including phenoxy) is 4. The first kappa shape index (κ1) is 31.9. The van der Waals surface area contributed by atoms with Crippen molar-refractivity contribution in [3.63, 3.8) is 0 Å². The van der Waals surface area contributed by atoms with Crippen LogP contribution in [0.2, 0.25) is 0 Å². The summed E-state index contributed by atoms with van der Waals surface area (Å²) in [5, 5.41) is 20.2. The molecule has 2 N–H and O–H groups in total. The molecule has 11 atom stereocenters. The SMILES string of the molecule is COCCOCO[C@@H]1C[C@@H]2C[C@H](O)CC[C@]2(C)[C@H]2C[C@H](OCc3ccccc3)[C@]3(C)[C@@H]([C@H](C)CCC(=O)O)CC[C@H]3[C@H]12. The van der Waals surface area contributed by atoms with E-state index < -0.39 is 5.97 Å². The van der Waals surface area contributed by atoms with Crippen LogP contribution in [-0.2, 0) is 30.3 Å². The van der Waals surface area contributed by atoms with Crippen molar-refractivity contribution in [1.82, 2.24) is 0 Å². The number of rotatable bonds is 13. The lowest BCUT2D eigenvalue weighted by molar-refractivity contribution is -0.241. The van der Waals surface area contributed by atoms with Gasteiger partial charge in [0, 0.05) is 18.9 Å². The Balaban J connectivity index is 1.47. The molecule has 4 aliphatic rings. The zero-order chi connectivity index (χ0) is 29.9. The lowest BCUT2D eigenvalue weighted by atomic mass is 9.43. The van der Waals surface area contributed by atoms with Crippen molar-refractivity contribution >= 4 is 5.97 Å². The number of fused-ring (bicyclic) bond motifs is 5. The van der Waals surface area contributed by atoms with Gasteiger partial charge in [-0.15, -0.1) is 0 Å². The molecule has 236 valence electrons. The summed E-state index contributed by atoms with van der Waals surface area (Å²) in [5.41, 5.74) is 1.27. The summed E-state index contributed by atoms with van der Waals surface area (Å²) in [6, 6.07) is 10.5. The Labute approximate surface area is 252 Å². The van der Waals surface area contributed by atoms with Crippen molar-refractivity contribution in [1.29, 1.82) is 0 Å². The van der Waals surface area contributed by atoms with Gasteiger partial charge < -0.3 is 29.2 Å². The van der Waals surface area contributed by atoms with Gasteiger partial charge in [0.2, 0.25) is 0 Å². The van der Waals surface area contributed by atoms with Crippen LogP contribution in [0.3, 0.4) is 0 Å². The summed E-state index contributed by atoms with van der Waals surface area (Å²) in [6.45, 7) is 9.13. The van der Waals surface area contributed by atoms with Gasteiger partial charge in [-0.25, -0.2) is 0 Å². The number of aliphatic hydroxyl groups is 1. The van der Waals surface area contributed by atoms with Crippen LogP contribution >= 0.6 is 0 Å². The van der Waals surface area contributed by atoms with E-state index in [0.29, 0.717) is 61.7 Å². The van der Waals surface area contributed by atoms with Crippen LogP contribution in [-0.4, -0.2) is 61.6 Å². The standard InChI is InChI=1S/C35H54O7/c1-23(10-13-32(37)38)27-11-12-28-33-29(20-31(35(27,28)3)41-21-24-8-6-5-7-9-24)34(2)15-14-26(36)18-25(34)19-30(33)42-22-40-17-16-39-4/h5-9,23,25-31,33,36H,10-22H2,1-4H3,(H,37,38)/t23-,25+,26-,27-,28+,29+,30-,31+,33+,34+,35-/m1/s1. The number of hydrogen-bond donors (Lipinski definition) is 2. The molecule has 0 heterocycles. The maximum absolute atomic E-state index is 11.5. The van der Waals surface area contributed by atoms with Gasteiger partial charge in [0.1, 0.15) is 6.79 Å². The monoisotopic (exact) mass is 586 g/mol. The number of methoxy groups -OCH3 is 1. The fourth-order valence-electron chi connectivity index (χ4n) is 10.2. The number of aliphatic carboxylic acids is 1. The van der Waals surface area contributed by atoms with Crippen LogP contribution in [0.5, 0.6) is 0 Å². The highest BCUT2D eigenvalue weighted by atomic mass is 16.7. The van der Waals surface area contributed by atoms with Gasteiger partial charge in [-0.1, -0.05) is 51.1 Å². The summed E-state index contributed by atoms with van der Waals surface area (Å²) in [7, 11) is 1.68. The second kappa shape index (κ2) is 13.6. The molecule has 0 radical (unpaired) electrons. The predicted octanol–water partition coefficient (Wildman–Crippen LogP) is 6.32. The molecule has 0 aliphatic heterocycles. The number of carboxylic acid groups (broad SMARTS) is 1. The normalized spacial score (nSPS) is 40.1. The van der Waals surface area contributed by atoms with Gasteiger partial charge in [0.05, 0.1) is 38.1 Å². The number of hydrogen-bond acceptors (Lipinski definition) is 6. The first-order valence-corrected chi connectivity index (χ1v) is 16.4. The molecule has 4 aliphatic carbocycles. The average molecular weight is 587 g/mol. The number of carboxylic acids is 1. The number of carbonyl (C=O) groups is 1. The molecule has 0 spiro atoms. The molecule has 0 aromatic heterocycles. The second-order valence-corrected chi connectivity index (χ2v) is 14.4. The highest BCUT2D eigenvalue weighted by molar-refractivity contribution is 5.66. The Hall–Kier alpha value is -1.51. The largest absolute Gasteiger partial charge is 0.481 e. The molecule has 4 saturated carbocycles. The van der Waals surface area contributed by atoms with E-state index >= 15 is 0 Å². The van der Waals surface area contributed by atoms with Gasteiger partial charge >= 0.3 is 5.97 Å². The maximum Gasteiger partial charge on any atom is 0.303 e. The third kappa shape index (κ3) is 6.32. The van der Waals surface area contributed by atoms with Crippen LogP contribution in [0.1, 0.15) is 84.1 Å². The van der Waals surface area contributed by atoms with Gasteiger partial charge in [-0.05, 0) is 97.9 Å². The Morgan fingerprint density at radius 1 is 1.02 bits per heavy atom. The van der Waals surface area contributed by atoms with Gasteiger partial charge in [0.25, 0.3) is 0 Å². The molecule has 4 fully saturated rings. The third-order valence-corrected chi connectivity index (χ3v) is 12.4. The molecule has 42 heavy (non-hydrogen) atoms. The molecular formula is C35H54O7. The quantitative estimate of drug-likeness (QED) is 0.206. The maximum atomic E-state index is 11.5. The van der Waals surface area contributed by atoms with Gasteiger partial charge in [-0.3, -0.25) is 4.79 Å². The Morgan fingerprint density at radius 2 is 1.81 bits per heavy atom. The smallest absolute Gasteiger partial charge is 0.303 e. The van der Waals surface area contributed by atoms with E-state index in [1.54, 1.807) is 7.11 Å². The van der Waals surface area contributed by atoms with Crippen molar-refractivity contribution in [2.24, 2.45) is 46.3 Å². The first-order valence-electron chi connectivity index (χ1n) is 16.4. The zero-order valence-electron chi connectivity index (χ0n) is 26.2. The summed E-state index contributed by atoms with van der Waals surface area (Å²) in [4.78, 5) is 11.5. The van der Waals surface area contributed by atoms with Crippen LogP contribution < -0.4 is 0 Å². The Bertz CT molecular complexity index is 1020. The minimum absolute atomic E-state index is 0.0657. The highest BCUT2D eigenvalue weighted by Crippen LogP contribution is 2.69. The Kier molecular flexibility index (Phi) is 10.4. The molecule has 0 saturated heterocycles. The van der Waals surface area contributed by atoms with Crippen LogP contribution in [0.25, 0.3) is 0 Å². The fraction of sp³-hybridized carbons (Fsp3) is 0.800. The molecule has 1 aromatic rings. The van der Waals surface area contributed by atoms with Crippen molar-refractivity contribution in [3.05, 3.63) is 35.9 Å². The third-order valence-electron chi connectivity index (χ3n) is 12.4. The number of benzene rings is 1. The highest BCUT2D eigenvalue weighted by Gasteiger charge is 2.66. The van der Waals surface area contributed by atoms with Crippen molar-refractivity contribution in [2.75, 3.05) is 27.1 Å². The van der Waals surface area contributed by atoms with Gasteiger partial charge in [-0.2, -0.15) is 0 Å². The molecule has 5 rings (SSSR count). The zero-order valence-corrected chi connectivity index (χ0v) is 26.2. The van der Waals surface area contributed by atoms with Gasteiger partial charge in [0.15, 0.2) is 0 Å². The summed E-state index contributed by atoms with van der Waals surface area (Å²) in [5.74, 6) is 1.69. The molecule has 0 amide bonds. The minimum atomic E-state index is -0.713. The molecule has 7 heteroatoms. The minimum Gasteiger partial charge on any atom is -0.481 e. The summed E-state index contributed by atoms with van der Waals surface area (Å²) in [6.07, 6.45) is 7.78. The van der Waals surface area contributed by atoms with Crippen LogP contribution in [0.4, 0.5) is 0 Å². The molecule has 7 nitrogen and oxygen atoms in total. The van der Waals surface area contributed by atoms with Crippen LogP contribution in [0.15, 0.2) is 30.3 Å². The second-order valence-electron chi connectivity index (χ2n) is 14.4. The lowest BCUT2D eigenvalue weighted by Crippen LogP contribution is -2.63. The van der Waals surface area contributed by atoms with Crippen molar-refractivity contribution < 1.29 is 34.0 Å². The first-order chi connectivity index (χ1) is 20.2. The van der Waals surface area contributed by atoms with E-state index in [2.05, 4.69) is 45.0 Å². The van der Waals surface area contributed by atoms with E-state index in [0.717, 1.165) is 44.9 Å². The van der Waals surface area contributed by atoms with Crippen molar-refractivity contribution in [2.45, 2.75) is 103 Å². The fourth-order valence-corrected chi connectivity index (χ4v) is 10.2. The number of aliphatic hydroxyl groups excluding tert-OH is 1. The molecular weight excluding hydrogens is 532 g/mol.